The summed E-state index contributed by atoms with van der Waals surface area (Å²) >= 11 is 15.6. The number of halogens is 3. The van der Waals surface area contributed by atoms with Crippen molar-refractivity contribution < 1.29 is 17.9 Å². The first-order chi connectivity index (χ1) is 19.2. The highest BCUT2D eigenvalue weighted by atomic mass is 79.9. The summed E-state index contributed by atoms with van der Waals surface area (Å²) < 4.78 is 35.5. The van der Waals surface area contributed by atoms with E-state index >= 15 is 0 Å². The summed E-state index contributed by atoms with van der Waals surface area (Å²) in [5.41, 5.74) is 3.26. The lowest BCUT2D eigenvalue weighted by molar-refractivity contribution is 0.172. The van der Waals surface area contributed by atoms with Gasteiger partial charge in [-0.25, -0.2) is 13.2 Å². The van der Waals surface area contributed by atoms with Gasteiger partial charge in [0.05, 0.1) is 14.9 Å². The number of carbonyl (C=O) groups excluding carboxylic acids is 1. The van der Waals surface area contributed by atoms with Crippen LogP contribution in [-0.4, -0.2) is 49.8 Å². The van der Waals surface area contributed by atoms with Gasteiger partial charge in [0.1, 0.15) is 11.5 Å². The van der Waals surface area contributed by atoms with Gasteiger partial charge in [0.2, 0.25) is 10.0 Å². The largest absolute Gasteiger partial charge is 0.457 e. The molecule has 220 valence electrons. The van der Waals surface area contributed by atoms with E-state index in [-0.39, 0.29) is 44.2 Å². The van der Waals surface area contributed by atoms with Crippen LogP contribution in [0.15, 0.2) is 57.9 Å². The average molecular weight is 683 g/mol. The minimum Gasteiger partial charge on any atom is -0.457 e. The van der Waals surface area contributed by atoms with Gasteiger partial charge >= 0.3 is 6.03 Å². The number of aryl methyl sites for hydroxylation is 2. The van der Waals surface area contributed by atoms with E-state index in [9.17, 15) is 13.2 Å². The molecule has 0 saturated carbocycles. The van der Waals surface area contributed by atoms with Crippen LogP contribution < -0.4 is 10.1 Å². The van der Waals surface area contributed by atoms with Crippen LogP contribution in [0.4, 0.5) is 4.79 Å². The molecule has 0 unspecified atom stereocenters. The van der Waals surface area contributed by atoms with Crippen molar-refractivity contribution >= 4 is 55.2 Å². The molecular weight excluding hydrogens is 649 g/mol. The minimum atomic E-state index is -3.70. The highest BCUT2D eigenvalue weighted by Crippen LogP contribution is 2.33. The molecular formula is C30H34BrCl2N3O4S. The van der Waals surface area contributed by atoms with Gasteiger partial charge in [-0.05, 0) is 60.2 Å². The molecule has 1 aliphatic heterocycles. The number of nitrogens with zero attached hydrogens (tertiary/aromatic N) is 2. The fraction of sp³-hybridized carbons (Fsp3) is 0.367. The molecule has 3 aromatic rings. The van der Waals surface area contributed by atoms with Gasteiger partial charge in [-0.15, -0.1) is 0 Å². The van der Waals surface area contributed by atoms with Crippen LogP contribution in [0.25, 0.3) is 0 Å². The molecule has 1 saturated heterocycles. The summed E-state index contributed by atoms with van der Waals surface area (Å²) in [5.74, 6) is 1.07. The van der Waals surface area contributed by atoms with E-state index in [1.165, 1.54) is 4.31 Å². The molecule has 0 spiro atoms. The smallest absolute Gasteiger partial charge is 0.317 e. The van der Waals surface area contributed by atoms with Crippen molar-refractivity contribution in [2.24, 2.45) is 0 Å². The second-order valence-corrected chi connectivity index (χ2v) is 14.8. The molecule has 1 heterocycles. The number of hydrogen-bond donors (Lipinski definition) is 1. The standard InChI is InChI=1S/C30H34BrCl2N3O4S/c1-19-14-22(30(3,4)5)15-20(2)28(19)41(38,39)36-12-10-35(11-13-36)29(37)34-18-21-6-7-23(31)16-27(21)40-24-8-9-25(32)26(33)17-24/h6-9,14-17H,10-13,18H2,1-5H3,(H,34,37). The average Bonchev–Trinajstić information content (AvgIpc) is 2.89. The van der Waals surface area contributed by atoms with Crippen LogP contribution in [0.3, 0.4) is 0 Å². The highest BCUT2D eigenvalue weighted by molar-refractivity contribution is 9.10. The number of nitrogens with one attached hydrogen (secondary N) is 1. The van der Waals surface area contributed by atoms with E-state index in [1.807, 2.05) is 44.2 Å². The molecule has 7 nitrogen and oxygen atoms in total. The van der Waals surface area contributed by atoms with Crippen molar-refractivity contribution in [3.05, 3.63) is 85.3 Å². The molecule has 3 aromatic carbocycles. The van der Waals surface area contributed by atoms with Crippen LogP contribution in [-0.2, 0) is 22.0 Å². The Morgan fingerprint density at radius 3 is 2.17 bits per heavy atom. The predicted molar refractivity (Wildman–Crippen MR) is 168 cm³/mol. The van der Waals surface area contributed by atoms with Gasteiger partial charge in [0, 0.05) is 48.8 Å². The molecule has 0 bridgehead atoms. The predicted octanol–water partition coefficient (Wildman–Crippen LogP) is 7.68. The molecule has 1 aliphatic rings. The summed E-state index contributed by atoms with van der Waals surface area (Å²) in [6.07, 6.45) is 0. The summed E-state index contributed by atoms with van der Waals surface area (Å²) in [7, 11) is -3.70. The maximum absolute atomic E-state index is 13.6. The van der Waals surface area contributed by atoms with Gasteiger partial charge in [-0.2, -0.15) is 4.31 Å². The number of urea groups is 1. The molecule has 2 amide bonds. The molecule has 1 fully saturated rings. The normalized spacial score (nSPS) is 14.7. The minimum absolute atomic E-state index is 0.0799. The van der Waals surface area contributed by atoms with Crippen molar-refractivity contribution in [3.63, 3.8) is 0 Å². The number of amides is 2. The van der Waals surface area contributed by atoms with Gasteiger partial charge in [0.25, 0.3) is 0 Å². The summed E-state index contributed by atoms with van der Waals surface area (Å²) in [4.78, 5) is 15.0. The lowest BCUT2D eigenvalue weighted by Crippen LogP contribution is -2.53. The van der Waals surface area contributed by atoms with Gasteiger partial charge in [0.15, 0.2) is 0 Å². The monoisotopic (exact) mass is 681 g/mol. The topological polar surface area (TPSA) is 79.0 Å². The molecule has 0 aliphatic carbocycles. The van der Waals surface area contributed by atoms with E-state index < -0.39 is 10.0 Å². The molecule has 4 rings (SSSR count). The number of rotatable bonds is 6. The molecule has 0 aromatic heterocycles. The third-order valence-electron chi connectivity index (χ3n) is 7.03. The van der Waals surface area contributed by atoms with Crippen LogP contribution in [0.1, 0.15) is 43.0 Å². The van der Waals surface area contributed by atoms with Crippen LogP contribution >= 0.6 is 39.1 Å². The lowest BCUT2D eigenvalue weighted by Gasteiger charge is -2.34. The molecule has 0 radical (unpaired) electrons. The van der Waals surface area contributed by atoms with Gasteiger partial charge in [-0.1, -0.05) is 78.1 Å². The van der Waals surface area contributed by atoms with Crippen molar-refractivity contribution in [2.75, 3.05) is 26.2 Å². The van der Waals surface area contributed by atoms with Crippen molar-refractivity contribution in [2.45, 2.75) is 51.5 Å². The van der Waals surface area contributed by atoms with E-state index in [1.54, 1.807) is 23.1 Å². The number of hydrogen-bond acceptors (Lipinski definition) is 4. The van der Waals surface area contributed by atoms with Crippen LogP contribution in [0, 0.1) is 13.8 Å². The summed E-state index contributed by atoms with van der Waals surface area (Å²) in [5, 5.41) is 3.74. The summed E-state index contributed by atoms with van der Waals surface area (Å²) in [6.45, 7) is 11.3. The quantitative estimate of drug-likeness (QED) is 0.289. The van der Waals surface area contributed by atoms with E-state index in [0.29, 0.717) is 26.4 Å². The molecule has 0 atom stereocenters. The maximum atomic E-state index is 13.6. The first kappa shape index (κ1) is 31.6. The lowest BCUT2D eigenvalue weighted by atomic mass is 9.85. The van der Waals surface area contributed by atoms with E-state index in [0.717, 1.165) is 26.7 Å². The fourth-order valence-corrected chi connectivity index (χ4v) is 7.23. The van der Waals surface area contributed by atoms with Crippen LogP contribution in [0.2, 0.25) is 10.0 Å². The fourth-order valence-electron chi connectivity index (χ4n) is 4.77. The Morgan fingerprint density at radius 2 is 1.59 bits per heavy atom. The van der Waals surface area contributed by atoms with E-state index in [4.69, 9.17) is 27.9 Å². The third-order valence-corrected chi connectivity index (χ3v) is 10.5. The zero-order valence-corrected chi connectivity index (χ0v) is 27.6. The number of sulfonamides is 1. The number of ether oxygens (including phenoxy) is 1. The Hall–Kier alpha value is -2.30. The Balaban J connectivity index is 1.40. The number of carbonyl (C=O) groups is 1. The van der Waals surface area contributed by atoms with Crippen molar-refractivity contribution in [1.29, 1.82) is 0 Å². The van der Waals surface area contributed by atoms with Crippen molar-refractivity contribution in [1.82, 2.24) is 14.5 Å². The van der Waals surface area contributed by atoms with Crippen molar-refractivity contribution in [3.8, 4) is 11.5 Å². The molecule has 41 heavy (non-hydrogen) atoms. The van der Waals surface area contributed by atoms with E-state index in [2.05, 4.69) is 42.0 Å². The van der Waals surface area contributed by atoms with Gasteiger partial charge in [-0.3, -0.25) is 0 Å². The number of piperazine rings is 1. The Kier molecular flexibility index (Phi) is 9.65. The molecule has 1 N–H and O–H groups in total. The number of benzene rings is 3. The van der Waals surface area contributed by atoms with Crippen LogP contribution in [0.5, 0.6) is 11.5 Å². The maximum Gasteiger partial charge on any atom is 0.317 e. The first-order valence-corrected chi connectivity index (χ1v) is 16.2. The zero-order chi connectivity index (χ0) is 30.1. The Bertz CT molecular complexity index is 1540. The second kappa shape index (κ2) is 12.5. The SMILES string of the molecule is Cc1cc(C(C)(C)C)cc(C)c1S(=O)(=O)N1CCN(C(=O)NCc2ccc(Br)cc2Oc2ccc(Cl)c(Cl)c2)CC1. The summed E-state index contributed by atoms with van der Waals surface area (Å²) in [6, 6.07) is 14.2. The Morgan fingerprint density at radius 1 is 0.951 bits per heavy atom. The third kappa shape index (κ3) is 7.38. The van der Waals surface area contributed by atoms with Gasteiger partial charge < -0.3 is 15.0 Å². The second-order valence-electron chi connectivity index (χ2n) is 11.2. The zero-order valence-electron chi connectivity index (χ0n) is 23.7. The Labute approximate surface area is 260 Å². The first-order valence-electron chi connectivity index (χ1n) is 13.2. The molecule has 11 heteroatoms. The highest BCUT2D eigenvalue weighted by Gasteiger charge is 2.33.